The van der Waals surface area contributed by atoms with Crippen molar-refractivity contribution in [1.82, 2.24) is 10.2 Å². The van der Waals surface area contributed by atoms with Gasteiger partial charge >= 0.3 is 0 Å². The van der Waals surface area contributed by atoms with Crippen LogP contribution in [0.4, 0.5) is 0 Å². The molecule has 7 nitrogen and oxygen atoms in total. The third-order valence-corrected chi connectivity index (χ3v) is 9.84. The van der Waals surface area contributed by atoms with Gasteiger partial charge in [-0.05, 0) is 64.6 Å². The van der Waals surface area contributed by atoms with E-state index in [-0.39, 0.29) is 24.3 Å². The molecule has 4 rings (SSSR count). The van der Waals surface area contributed by atoms with Gasteiger partial charge in [0.1, 0.15) is 12.0 Å². The molecule has 0 bridgehead atoms. The molecule has 3 aromatic rings. The SMILES string of the molecule is CC(CNC(=O)c1ccccc1O)(CC(O)N1CC=C(c2ccc(-c3ccsc3)cc2)CC1)S(C)(=O)=O. The summed E-state index contributed by atoms with van der Waals surface area (Å²) in [4.78, 5) is 14.4. The fourth-order valence-electron chi connectivity index (χ4n) is 4.42. The van der Waals surface area contributed by atoms with Gasteiger partial charge in [-0.25, -0.2) is 8.42 Å². The zero-order chi connectivity index (χ0) is 26.6. The maximum Gasteiger partial charge on any atom is 0.255 e. The third kappa shape index (κ3) is 6.30. The number of aromatic hydroxyl groups is 1. The van der Waals surface area contributed by atoms with Gasteiger partial charge in [0.25, 0.3) is 5.91 Å². The van der Waals surface area contributed by atoms with Gasteiger partial charge in [-0.1, -0.05) is 42.5 Å². The summed E-state index contributed by atoms with van der Waals surface area (Å²) in [6.07, 6.45) is 2.85. The summed E-state index contributed by atoms with van der Waals surface area (Å²) in [5.74, 6) is -0.754. The van der Waals surface area contributed by atoms with Gasteiger partial charge in [0.05, 0.1) is 10.3 Å². The van der Waals surface area contributed by atoms with Crippen molar-refractivity contribution >= 4 is 32.7 Å². The fourth-order valence-corrected chi connectivity index (χ4v) is 5.87. The average molecular weight is 541 g/mol. The van der Waals surface area contributed by atoms with Gasteiger partial charge in [0.15, 0.2) is 9.84 Å². The molecule has 3 N–H and O–H groups in total. The van der Waals surface area contributed by atoms with E-state index in [1.54, 1.807) is 23.5 Å². The van der Waals surface area contributed by atoms with Crippen LogP contribution >= 0.6 is 11.3 Å². The highest BCUT2D eigenvalue weighted by atomic mass is 32.2. The molecule has 1 amide bonds. The minimum absolute atomic E-state index is 0.0641. The van der Waals surface area contributed by atoms with E-state index >= 15 is 0 Å². The fraction of sp³-hybridized carbons (Fsp3) is 0.321. The molecule has 0 saturated carbocycles. The Morgan fingerprint density at radius 2 is 1.81 bits per heavy atom. The van der Waals surface area contributed by atoms with Gasteiger partial charge in [-0.2, -0.15) is 11.3 Å². The molecular formula is C28H32N2O5S2. The summed E-state index contributed by atoms with van der Waals surface area (Å²) in [5, 5.41) is 27.7. The number of amides is 1. The van der Waals surface area contributed by atoms with Crippen LogP contribution in [-0.4, -0.2) is 66.3 Å². The van der Waals surface area contributed by atoms with Gasteiger partial charge in [0, 0.05) is 32.3 Å². The van der Waals surface area contributed by atoms with Crippen LogP contribution in [0.15, 0.2) is 71.4 Å². The molecular weight excluding hydrogens is 508 g/mol. The second-order valence-electron chi connectivity index (χ2n) is 9.67. The smallest absolute Gasteiger partial charge is 0.255 e. The van der Waals surface area contributed by atoms with Crippen LogP contribution in [0.5, 0.6) is 5.75 Å². The number of phenols is 1. The summed E-state index contributed by atoms with van der Waals surface area (Å²) >= 11 is 1.67. The highest BCUT2D eigenvalue weighted by Gasteiger charge is 2.40. The van der Waals surface area contributed by atoms with Gasteiger partial charge in [-0.3, -0.25) is 9.69 Å². The van der Waals surface area contributed by atoms with E-state index in [1.165, 1.54) is 35.8 Å². The predicted molar refractivity (Wildman–Crippen MR) is 148 cm³/mol. The number of sulfone groups is 1. The number of nitrogens with one attached hydrogen (secondary N) is 1. The first kappa shape index (κ1) is 27.1. The number of carbonyl (C=O) groups excluding carboxylic acids is 1. The normalized spacial score (nSPS) is 17.0. The van der Waals surface area contributed by atoms with Crippen molar-refractivity contribution in [3.63, 3.8) is 0 Å². The predicted octanol–water partition coefficient (Wildman–Crippen LogP) is 4.15. The maximum atomic E-state index is 12.7. The summed E-state index contributed by atoms with van der Waals surface area (Å²) < 4.78 is 24.0. The van der Waals surface area contributed by atoms with Crippen molar-refractivity contribution in [3.05, 3.63) is 82.6 Å². The summed E-state index contributed by atoms with van der Waals surface area (Å²) in [6, 6.07) is 16.6. The van der Waals surface area contributed by atoms with Crippen molar-refractivity contribution < 1.29 is 23.4 Å². The number of hydrogen-bond acceptors (Lipinski definition) is 7. The molecule has 0 spiro atoms. The van der Waals surface area contributed by atoms with Crippen LogP contribution in [0.2, 0.25) is 0 Å². The number of hydrogen-bond donors (Lipinski definition) is 3. The van der Waals surface area contributed by atoms with Gasteiger partial charge in [0.2, 0.25) is 0 Å². The number of carbonyl (C=O) groups is 1. The van der Waals surface area contributed by atoms with E-state index in [9.17, 15) is 23.4 Å². The second kappa shape index (κ2) is 11.2. The van der Waals surface area contributed by atoms with Gasteiger partial charge in [-0.15, -0.1) is 0 Å². The van der Waals surface area contributed by atoms with Crippen LogP contribution in [0.25, 0.3) is 16.7 Å². The number of phenolic OH excluding ortho intramolecular Hbond substituents is 1. The first-order valence-electron chi connectivity index (χ1n) is 12.1. The largest absolute Gasteiger partial charge is 0.507 e. The first-order valence-corrected chi connectivity index (χ1v) is 14.9. The van der Waals surface area contributed by atoms with Gasteiger partial charge < -0.3 is 15.5 Å². The molecule has 0 aliphatic carbocycles. The Balaban J connectivity index is 1.39. The Kier molecular flexibility index (Phi) is 8.18. The zero-order valence-electron chi connectivity index (χ0n) is 20.9. The number of para-hydroxylation sites is 1. The summed E-state index contributed by atoms with van der Waals surface area (Å²) in [7, 11) is -3.64. The molecule has 0 radical (unpaired) electrons. The number of aliphatic hydroxyl groups is 1. The van der Waals surface area contributed by atoms with E-state index in [1.807, 2.05) is 4.90 Å². The minimum Gasteiger partial charge on any atom is -0.507 e. The van der Waals surface area contributed by atoms with Crippen LogP contribution in [0.1, 0.15) is 35.7 Å². The molecule has 1 aliphatic heterocycles. The highest BCUT2D eigenvalue weighted by Crippen LogP contribution is 2.29. The highest BCUT2D eigenvalue weighted by molar-refractivity contribution is 7.92. The van der Waals surface area contributed by atoms with Crippen LogP contribution in [-0.2, 0) is 9.84 Å². The molecule has 0 fully saturated rings. The molecule has 196 valence electrons. The quantitative estimate of drug-likeness (QED) is 0.376. The lowest BCUT2D eigenvalue weighted by atomic mass is 9.96. The summed E-state index contributed by atoms with van der Waals surface area (Å²) in [6.45, 7) is 2.41. The Bertz CT molecular complexity index is 1370. The van der Waals surface area contributed by atoms with E-state index in [4.69, 9.17) is 0 Å². The Hall–Kier alpha value is -2.98. The molecule has 37 heavy (non-hydrogen) atoms. The molecule has 1 aromatic heterocycles. The van der Waals surface area contributed by atoms with Crippen LogP contribution < -0.4 is 5.32 Å². The Morgan fingerprint density at radius 1 is 1.11 bits per heavy atom. The lowest BCUT2D eigenvalue weighted by Gasteiger charge is -2.36. The zero-order valence-corrected chi connectivity index (χ0v) is 22.6. The lowest BCUT2D eigenvalue weighted by Crippen LogP contribution is -2.51. The topological polar surface area (TPSA) is 107 Å². The first-order chi connectivity index (χ1) is 17.6. The summed E-state index contributed by atoms with van der Waals surface area (Å²) in [5.41, 5.74) is 4.78. The van der Waals surface area contributed by atoms with Crippen LogP contribution in [0, 0.1) is 0 Å². The Labute approximate surface area is 222 Å². The molecule has 1 aliphatic rings. The Morgan fingerprint density at radius 3 is 2.41 bits per heavy atom. The van der Waals surface area contributed by atoms with Crippen molar-refractivity contribution in [1.29, 1.82) is 0 Å². The third-order valence-electron chi connectivity index (χ3n) is 7.05. The minimum atomic E-state index is -3.64. The number of aliphatic hydroxyl groups excluding tert-OH is 1. The van der Waals surface area contributed by atoms with Crippen molar-refractivity contribution in [2.45, 2.75) is 30.7 Å². The molecule has 2 aromatic carbocycles. The number of nitrogens with zero attached hydrogens (tertiary/aromatic N) is 1. The monoisotopic (exact) mass is 540 g/mol. The van der Waals surface area contributed by atoms with Crippen molar-refractivity contribution in [2.75, 3.05) is 25.9 Å². The number of benzene rings is 2. The standard InChI is InChI=1S/C28H32N2O5S2/c1-28(37(2,34)35,19-29-27(33)24-5-3-4-6-25(24)31)17-26(32)30-14-11-22(12-15-30)20-7-9-21(10-8-20)23-13-16-36-18-23/h3-11,13,16,18,26,31-32H,12,14-15,17,19H2,1-2H3,(H,29,33). The average Bonchev–Trinajstić information content (AvgIpc) is 3.42. The van der Waals surface area contributed by atoms with E-state index in [2.05, 4.69) is 52.5 Å². The second-order valence-corrected chi connectivity index (χ2v) is 13.0. The van der Waals surface area contributed by atoms with E-state index < -0.39 is 26.7 Å². The van der Waals surface area contributed by atoms with Crippen LogP contribution in [0.3, 0.4) is 0 Å². The molecule has 2 unspecified atom stereocenters. The number of rotatable bonds is 9. The van der Waals surface area contributed by atoms with Crippen molar-refractivity contribution in [3.8, 4) is 16.9 Å². The van der Waals surface area contributed by atoms with Crippen molar-refractivity contribution in [2.24, 2.45) is 0 Å². The molecule has 2 atom stereocenters. The molecule has 0 saturated heterocycles. The molecule has 2 heterocycles. The van der Waals surface area contributed by atoms with E-state index in [0.717, 1.165) is 18.2 Å². The molecule has 9 heteroatoms. The lowest BCUT2D eigenvalue weighted by molar-refractivity contribution is -0.00246. The maximum absolute atomic E-state index is 12.7. The number of thiophene rings is 1. The van der Waals surface area contributed by atoms with E-state index in [0.29, 0.717) is 13.1 Å².